The monoisotopic (exact) mass is 293 g/mol. The molecule has 0 saturated heterocycles. The zero-order valence-corrected chi connectivity index (χ0v) is 11.7. The number of hydrogen-bond acceptors (Lipinski definition) is 3. The highest BCUT2D eigenvalue weighted by molar-refractivity contribution is 5.85. The molecule has 0 radical (unpaired) electrons. The highest BCUT2D eigenvalue weighted by Gasteiger charge is 2.47. The molecule has 6 heteroatoms. The molecular weight excluding hydrogens is 276 g/mol. The van der Waals surface area contributed by atoms with E-state index in [1.807, 2.05) is 6.92 Å². The normalized spacial score (nSPS) is 12.5. The molecule has 0 aromatic heterocycles. The molecule has 1 aromatic rings. The highest BCUT2D eigenvalue weighted by Crippen LogP contribution is 2.30. The molecule has 0 unspecified atom stereocenters. The third-order valence-corrected chi connectivity index (χ3v) is 2.69. The molecule has 0 aliphatic rings. The molecule has 0 spiro atoms. The second-order valence-electron chi connectivity index (χ2n) is 3.92. The number of aryl methyl sites for hydroxylation is 1. The van der Waals surface area contributed by atoms with Crippen LogP contribution in [-0.4, -0.2) is 18.5 Å². The Balaban J connectivity index is 0.00000324. The number of alkyl halides is 2. The van der Waals surface area contributed by atoms with Gasteiger partial charge in [0.1, 0.15) is 6.04 Å². The van der Waals surface area contributed by atoms with Gasteiger partial charge in [-0.05, 0) is 24.5 Å². The number of nitrogens with two attached hydrogens (primary N) is 1. The van der Waals surface area contributed by atoms with Crippen LogP contribution in [0.2, 0.25) is 0 Å². The van der Waals surface area contributed by atoms with E-state index < -0.39 is 17.9 Å². The predicted molar refractivity (Wildman–Crippen MR) is 71.6 cm³/mol. The summed E-state index contributed by atoms with van der Waals surface area (Å²) in [5.41, 5.74) is 6.68. The molecular formula is C13H18ClF2NO2. The maximum absolute atomic E-state index is 13.7. The summed E-state index contributed by atoms with van der Waals surface area (Å²) in [5.74, 6) is -5.30. The maximum Gasteiger partial charge on any atom is 0.379 e. The number of esters is 1. The maximum atomic E-state index is 13.7. The Morgan fingerprint density at radius 2 is 1.84 bits per heavy atom. The van der Waals surface area contributed by atoms with Crippen LogP contribution in [0.25, 0.3) is 0 Å². The summed E-state index contributed by atoms with van der Waals surface area (Å²) in [6.07, 6.45) is 0.809. The van der Waals surface area contributed by atoms with Crippen LogP contribution in [0.15, 0.2) is 24.3 Å². The summed E-state index contributed by atoms with van der Waals surface area (Å²) in [6.45, 7) is 3.33. The van der Waals surface area contributed by atoms with E-state index in [0.29, 0.717) is 0 Å². The van der Waals surface area contributed by atoms with Crippen molar-refractivity contribution in [1.82, 2.24) is 0 Å². The summed E-state index contributed by atoms with van der Waals surface area (Å²) in [6, 6.07) is 4.77. The van der Waals surface area contributed by atoms with Crippen molar-refractivity contribution in [2.24, 2.45) is 5.73 Å². The lowest BCUT2D eigenvalue weighted by atomic mass is 9.99. The fourth-order valence-electron chi connectivity index (χ4n) is 1.52. The van der Waals surface area contributed by atoms with Crippen molar-refractivity contribution in [3.63, 3.8) is 0 Å². The molecule has 2 N–H and O–H groups in total. The van der Waals surface area contributed by atoms with E-state index in [9.17, 15) is 13.6 Å². The molecule has 1 rings (SSSR count). The minimum absolute atomic E-state index is 0. The van der Waals surface area contributed by atoms with Crippen LogP contribution in [0.1, 0.15) is 31.0 Å². The first-order valence-corrected chi connectivity index (χ1v) is 5.82. The van der Waals surface area contributed by atoms with Crippen molar-refractivity contribution < 1.29 is 18.3 Å². The molecule has 1 atom stereocenters. The molecule has 0 bridgehead atoms. The van der Waals surface area contributed by atoms with Gasteiger partial charge in [0.15, 0.2) is 0 Å². The van der Waals surface area contributed by atoms with Gasteiger partial charge in [-0.1, -0.05) is 31.2 Å². The molecule has 0 heterocycles. The molecule has 0 fully saturated rings. The predicted octanol–water partition coefficient (Wildman–Crippen LogP) is 2.87. The van der Waals surface area contributed by atoms with Crippen molar-refractivity contribution in [1.29, 1.82) is 0 Å². The Morgan fingerprint density at radius 1 is 1.32 bits per heavy atom. The van der Waals surface area contributed by atoms with Gasteiger partial charge in [0.2, 0.25) is 0 Å². The standard InChI is InChI=1S/C13H17F2NO2.ClH/c1-3-9-5-7-10(8-6-9)11(16)13(14,15)12(17)18-4-2;/h5-8,11H,3-4,16H2,1-2H3;1H/t11-;/m0./s1. The molecule has 108 valence electrons. The molecule has 3 nitrogen and oxygen atoms in total. The van der Waals surface area contributed by atoms with Gasteiger partial charge in [0.05, 0.1) is 6.61 Å². The van der Waals surface area contributed by atoms with Gasteiger partial charge in [-0.2, -0.15) is 8.78 Å². The van der Waals surface area contributed by atoms with Crippen LogP contribution in [-0.2, 0) is 16.0 Å². The lowest BCUT2D eigenvalue weighted by Gasteiger charge is -2.22. The SMILES string of the molecule is CCOC(=O)C(F)(F)[C@@H](N)c1ccc(CC)cc1.Cl. The Hall–Kier alpha value is -1.20. The van der Waals surface area contributed by atoms with Crippen LogP contribution in [0.5, 0.6) is 0 Å². The number of carbonyl (C=O) groups is 1. The summed E-state index contributed by atoms with van der Waals surface area (Å²) in [5, 5.41) is 0. The zero-order valence-electron chi connectivity index (χ0n) is 10.9. The van der Waals surface area contributed by atoms with Gasteiger partial charge in [-0.15, -0.1) is 12.4 Å². The van der Waals surface area contributed by atoms with Gasteiger partial charge >= 0.3 is 11.9 Å². The first-order chi connectivity index (χ1) is 8.43. The number of ether oxygens (including phenoxy) is 1. The average Bonchev–Trinajstić information content (AvgIpc) is 2.38. The molecule has 19 heavy (non-hydrogen) atoms. The Kier molecular flexibility index (Phi) is 6.94. The van der Waals surface area contributed by atoms with E-state index in [1.54, 1.807) is 12.1 Å². The van der Waals surface area contributed by atoms with Crippen molar-refractivity contribution in [3.8, 4) is 0 Å². The summed E-state index contributed by atoms with van der Waals surface area (Å²) < 4.78 is 31.7. The summed E-state index contributed by atoms with van der Waals surface area (Å²) in [7, 11) is 0. The van der Waals surface area contributed by atoms with Crippen molar-refractivity contribution in [3.05, 3.63) is 35.4 Å². The smallest absolute Gasteiger partial charge is 0.379 e. The van der Waals surface area contributed by atoms with Gasteiger partial charge in [-0.3, -0.25) is 0 Å². The van der Waals surface area contributed by atoms with Crippen molar-refractivity contribution in [2.45, 2.75) is 32.2 Å². The number of benzene rings is 1. The second kappa shape index (κ2) is 7.40. The first-order valence-electron chi connectivity index (χ1n) is 5.82. The van der Waals surface area contributed by atoms with E-state index in [-0.39, 0.29) is 24.6 Å². The van der Waals surface area contributed by atoms with E-state index in [4.69, 9.17) is 5.73 Å². The molecule has 1 aromatic carbocycles. The number of hydrogen-bond donors (Lipinski definition) is 1. The Bertz CT molecular complexity index is 410. The number of rotatable bonds is 5. The van der Waals surface area contributed by atoms with Crippen molar-refractivity contribution >= 4 is 18.4 Å². The third kappa shape index (κ3) is 4.14. The fraction of sp³-hybridized carbons (Fsp3) is 0.462. The second-order valence-corrected chi connectivity index (χ2v) is 3.92. The highest BCUT2D eigenvalue weighted by atomic mass is 35.5. The number of halogens is 3. The quantitative estimate of drug-likeness (QED) is 0.849. The third-order valence-electron chi connectivity index (χ3n) is 2.69. The minimum atomic E-state index is -3.72. The molecule has 0 aliphatic heterocycles. The topological polar surface area (TPSA) is 52.3 Å². The van der Waals surface area contributed by atoms with Crippen LogP contribution in [0, 0.1) is 0 Å². The average molecular weight is 294 g/mol. The Morgan fingerprint density at radius 3 is 2.26 bits per heavy atom. The van der Waals surface area contributed by atoms with Gasteiger partial charge < -0.3 is 10.5 Å². The summed E-state index contributed by atoms with van der Waals surface area (Å²) >= 11 is 0. The van der Waals surface area contributed by atoms with Crippen LogP contribution in [0.4, 0.5) is 8.78 Å². The number of carbonyl (C=O) groups excluding carboxylic acids is 1. The molecule has 0 amide bonds. The van der Waals surface area contributed by atoms with Gasteiger partial charge in [0.25, 0.3) is 0 Å². The fourth-order valence-corrected chi connectivity index (χ4v) is 1.52. The van der Waals surface area contributed by atoms with Crippen LogP contribution in [0.3, 0.4) is 0 Å². The largest absolute Gasteiger partial charge is 0.462 e. The van der Waals surface area contributed by atoms with Gasteiger partial charge in [-0.25, -0.2) is 4.79 Å². The van der Waals surface area contributed by atoms with Crippen molar-refractivity contribution in [2.75, 3.05) is 6.61 Å². The molecule has 0 saturated carbocycles. The summed E-state index contributed by atoms with van der Waals surface area (Å²) in [4.78, 5) is 11.2. The molecule has 0 aliphatic carbocycles. The van der Waals surface area contributed by atoms with E-state index in [2.05, 4.69) is 4.74 Å². The zero-order chi connectivity index (χ0) is 13.8. The van der Waals surface area contributed by atoms with E-state index in [1.165, 1.54) is 19.1 Å². The first kappa shape index (κ1) is 17.8. The lowest BCUT2D eigenvalue weighted by molar-refractivity contribution is -0.174. The van der Waals surface area contributed by atoms with Crippen LogP contribution < -0.4 is 5.73 Å². The minimum Gasteiger partial charge on any atom is -0.462 e. The van der Waals surface area contributed by atoms with E-state index in [0.717, 1.165) is 12.0 Å². The Labute approximate surface area is 117 Å². The van der Waals surface area contributed by atoms with E-state index >= 15 is 0 Å². The van der Waals surface area contributed by atoms with Crippen LogP contribution >= 0.6 is 12.4 Å². The lowest BCUT2D eigenvalue weighted by Crippen LogP contribution is -2.41. The van der Waals surface area contributed by atoms with Gasteiger partial charge in [0, 0.05) is 0 Å².